The average molecular weight is 282 g/mol. The van der Waals surface area contributed by atoms with Crippen molar-refractivity contribution < 1.29 is 9.53 Å². The lowest BCUT2D eigenvalue weighted by atomic mass is 9.90. The van der Waals surface area contributed by atoms with Crippen LogP contribution < -0.4 is 5.32 Å². The normalized spacial score (nSPS) is 27.1. The fourth-order valence-corrected chi connectivity index (χ4v) is 3.75. The van der Waals surface area contributed by atoms with Crippen LogP contribution in [0, 0.1) is 0 Å². The van der Waals surface area contributed by atoms with Crippen molar-refractivity contribution in [3.8, 4) is 0 Å². The number of nitrogens with zero attached hydrogens (tertiary/aromatic N) is 1. The van der Waals surface area contributed by atoms with Crippen molar-refractivity contribution in [2.75, 3.05) is 13.7 Å². The van der Waals surface area contributed by atoms with Crippen molar-refractivity contribution in [3.05, 3.63) is 0 Å². The largest absolute Gasteiger partial charge is 0.468 e. The van der Waals surface area contributed by atoms with Gasteiger partial charge in [-0.25, -0.2) is 0 Å². The quantitative estimate of drug-likeness (QED) is 0.759. The first kappa shape index (κ1) is 15.8. The van der Waals surface area contributed by atoms with Crippen LogP contribution >= 0.6 is 0 Å². The number of ether oxygens (including phenoxy) is 1. The number of carbonyl (C=O) groups is 1. The minimum atomic E-state index is -0.562. The van der Waals surface area contributed by atoms with Crippen molar-refractivity contribution in [1.29, 1.82) is 0 Å². The van der Waals surface area contributed by atoms with Crippen LogP contribution in [0.1, 0.15) is 59.8 Å². The zero-order valence-electron chi connectivity index (χ0n) is 13.7. The molecular weight excluding hydrogens is 252 g/mol. The van der Waals surface area contributed by atoms with Crippen LogP contribution in [-0.2, 0) is 9.53 Å². The van der Waals surface area contributed by atoms with E-state index in [9.17, 15) is 4.79 Å². The minimum Gasteiger partial charge on any atom is -0.468 e. The Morgan fingerprint density at radius 1 is 1.50 bits per heavy atom. The van der Waals surface area contributed by atoms with Crippen LogP contribution in [0.3, 0.4) is 0 Å². The second-order valence-electron chi connectivity index (χ2n) is 7.40. The van der Waals surface area contributed by atoms with Gasteiger partial charge in [0.25, 0.3) is 0 Å². The summed E-state index contributed by atoms with van der Waals surface area (Å²) in [5.74, 6) is -0.131. The molecule has 2 aliphatic rings. The highest BCUT2D eigenvalue weighted by molar-refractivity contribution is 5.80. The summed E-state index contributed by atoms with van der Waals surface area (Å²) in [4.78, 5) is 14.7. The molecule has 1 heterocycles. The van der Waals surface area contributed by atoms with Gasteiger partial charge in [-0.15, -0.1) is 0 Å². The summed E-state index contributed by atoms with van der Waals surface area (Å²) in [7, 11) is 1.49. The Hall–Kier alpha value is -0.610. The Balaban J connectivity index is 2.04. The monoisotopic (exact) mass is 282 g/mol. The molecule has 116 valence electrons. The predicted molar refractivity (Wildman–Crippen MR) is 80.7 cm³/mol. The van der Waals surface area contributed by atoms with E-state index in [0.29, 0.717) is 12.1 Å². The number of esters is 1. The molecule has 2 rings (SSSR count). The van der Waals surface area contributed by atoms with Crippen LogP contribution in [0.4, 0.5) is 0 Å². The first-order valence-electron chi connectivity index (χ1n) is 7.91. The summed E-state index contributed by atoms with van der Waals surface area (Å²) in [5, 5.41) is 3.50. The number of carbonyl (C=O) groups excluding carboxylic acids is 1. The van der Waals surface area contributed by atoms with Gasteiger partial charge in [0, 0.05) is 17.6 Å². The van der Waals surface area contributed by atoms with Crippen LogP contribution in [0.5, 0.6) is 0 Å². The number of hydrogen-bond acceptors (Lipinski definition) is 4. The fraction of sp³-hybridized carbons (Fsp3) is 0.938. The van der Waals surface area contributed by atoms with Crippen LogP contribution in [0.15, 0.2) is 0 Å². The minimum absolute atomic E-state index is 0.131. The van der Waals surface area contributed by atoms with E-state index in [1.54, 1.807) is 0 Å². The predicted octanol–water partition coefficient (Wildman–Crippen LogP) is 2.32. The molecule has 0 aromatic carbocycles. The van der Waals surface area contributed by atoms with Crippen molar-refractivity contribution in [1.82, 2.24) is 10.2 Å². The van der Waals surface area contributed by atoms with Gasteiger partial charge in [0.2, 0.25) is 0 Å². The molecule has 4 nitrogen and oxygen atoms in total. The molecule has 20 heavy (non-hydrogen) atoms. The first-order chi connectivity index (χ1) is 9.28. The van der Waals surface area contributed by atoms with E-state index < -0.39 is 5.54 Å². The standard InChI is InChI=1S/C16H30N2O2/c1-12(18-10-6-9-15(18,2)3)11-16(4,14(19)20-5)17-13-7-8-13/h12-13,17H,6-11H2,1-5H3. The van der Waals surface area contributed by atoms with Gasteiger partial charge in [-0.05, 0) is 66.3 Å². The molecule has 0 radical (unpaired) electrons. The highest BCUT2D eigenvalue weighted by atomic mass is 16.5. The number of hydrogen-bond donors (Lipinski definition) is 1. The molecule has 4 heteroatoms. The third-order valence-electron chi connectivity index (χ3n) is 4.94. The van der Waals surface area contributed by atoms with Crippen LogP contribution in [-0.4, -0.2) is 47.7 Å². The molecule has 0 amide bonds. The lowest BCUT2D eigenvalue weighted by molar-refractivity contribution is -0.149. The van der Waals surface area contributed by atoms with Gasteiger partial charge in [0.15, 0.2) is 0 Å². The molecule has 0 spiro atoms. The van der Waals surface area contributed by atoms with Crippen molar-refractivity contribution in [2.45, 2.75) is 83.0 Å². The van der Waals surface area contributed by atoms with E-state index in [0.717, 1.165) is 13.0 Å². The maximum atomic E-state index is 12.2. The maximum absolute atomic E-state index is 12.2. The molecule has 1 aliphatic carbocycles. The lowest BCUT2D eigenvalue weighted by Gasteiger charge is -2.40. The third kappa shape index (κ3) is 3.34. The Morgan fingerprint density at radius 2 is 2.15 bits per heavy atom. The molecule has 1 saturated carbocycles. The Labute approximate surface area is 123 Å². The molecule has 0 aromatic heterocycles. The number of rotatable bonds is 6. The number of methoxy groups -OCH3 is 1. The molecule has 1 aliphatic heterocycles. The Bertz CT molecular complexity index is 365. The van der Waals surface area contributed by atoms with E-state index in [2.05, 4.69) is 31.0 Å². The molecule has 2 unspecified atom stereocenters. The molecule has 1 N–H and O–H groups in total. The molecular formula is C16H30N2O2. The topological polar surface area (TPSA) is 41.6 Å². The van der Waals surface area contributed by atoms with E-state index >= 15 is 0 Å². The van der Waals surface area contributed by atoms with E-state index in [4.69, 9.17) is 4.74 Å². The lowest BCUT2D eigenvalue weighted by Crippen LogP contribution is -2.56. The average Bonchev–Trinajstić information content (AvgIpc) is 3.09. The summed E-state index contributed by atoms with van der Waals surface area (Å²) in [5.41, 5.74) is -0.315. The van der Waals surface area contributed by atoms with Gasteiger partial charge >= 0.3 is 5.97 Å². The third-order valence-corrected chi connectivity index (χ3v) is 4.94. The fourth-order valence-electron chi connectivity index (χ4n) is 3.75. The number of likely N-dealkylation sites (tertiary alicyclic amines) is 1. The molecule has 0 bridgehead atoms. The first-order valence-corrected chi connectivity index (χ1v) is 7.91. The Morgan fingerprint density at radius 3 is 2.60 bits per heavy atom. The highest BCUT2D eigenvalue weighted by Crippen LogP contribution is 2.34. The maximum Gasteiger partial charge on any atom is 0.325 e. The van der Waals surface area contributed by atoms with Gasteiger partial charge in [-0.2, -0.15) is 0 Å². The summed E-state index contributed by atoms with van der Waals surface area (Å²) in [6.45, 7) is 9.98. The molecule has 0 aromatic rings. The summed E-state index contributed by atoms with van der Waals surface area (Å²) in [6, 6.07) is 0.876. The second-order valence-corrected chi connectivity index (χ2v) is 7.40. The van der Waals surface area contributed by atoms with Crippen molar-refractivity contribution >= 4 is 5.97 Å². The molecule has 2 fully saturated rings. The summed E-state index contributed by atoms with van der Waals surface area (Å²) in [6.07, 6.45) is 5.65. The molecule has 1 saturated heterocycles. The van der Waals surface area contributed by atoms with E-state index in [1.807, 2.05) is 6.92 Å². The smallest absolute Gasteiger partial charge is 0.325 e. The highest BCUT2D eigenvalue weighted by Gasteiger charge is 2.43. The van der Waals surface area contributed by atoms with Gasteiger partial charge < -0.3 is 4.74 Å². The summed E-state index contributed by atoms with van der Waals surface area (Å²) < 4.78 is 5.04. The van der Waals surface area contributed by atoms with Gasteiger partial charge in [0.1, 0.15) is 5.54 Å². The van der Waals surface area contributed by atoms with Gasteiger partial charge in [-0.1, -0.05) is 0 Å². The summed E-state index contributed by atoms with van der Waals surface area (Å²) >= 11 is 0. The Kier molecular flexibility index (Phi) is 4.45. The second kappa shape index (κ2) is 5.64. The van der Waals surface area contributed by atoms with Gasteiger partial charge in [0.05, 0.1) is 7.11 Å². The van der Waals surface area contributed by atoms with E-state index in [-0.39, 0.29) is 11.5 Å². The van der Waals surface area contributed by atoms with Gasteiger partial charge in [-0.3, -0.25) is 15.0 Å². The van der Waals surface area contributed by atoms with Crippen molar-refractivity contribution in [2.24, 2.45) is 0 Å². The number of nitrogens with one attached hydrogen (secondary N) is 1. The zero-order valence-corrected chi connectivity index (χ0v) is 13.7. The van der Waals surface area contributed by atoms with Crippen LogP contribution in [0.2, 0.25) is 0 Å². The zero-order chi connectivity index (χ0) is 15.0. The van der Waals surface area contributed by atoms with Crippen LogP contribution in [0.25, 0.3) is 0 Å². The molecule has 2 atom stereocenters. The van der Waals surface area contributed by atoms with E-state index in [1.165, 1.54) is 32.8 Å². The van der Waals surface area contributed by atoms with Crippen molar-refractivity contribution in [3.63, 3.8) is 0 Å². The SMILES string of the molecule is COC(=O)C(C)(CC(C)N1CCCC1(C)C)NC1CC1.